The molecule has 1 aliphatic heterocycles. The minimum absolute atomic E-state index is 0.0955. The second-order valence-corrected chi connectivity index (χ2v) is 5.64. The van der Waals surface area contributed by atoms with E-state index in [-0.39, 0.29) is 18.2 Å². The molecular weight excluding hydrogens is 304 g/mol. The maximum atomic E-state index is 12.2. The number of aromatic nitrogens is 2. The maximum Gasteiger partial charge on any atom is 0.231 e. The second-order valence-electron chi connectivity index (χ2n) is 4.81. The third-order valence-corrected chi connectivity index (χ3v) is 4.07. The Bertz CT molecular complexity index is 689. The maximum absolute atomic E-state index is 12.2. The van der Waals surface area contributed by atoms with Crippen LogP contribution in [0.4, 0.5) is 10.8 Å². The van der Waals surface area contributed by atoms with Crippen molar-refractivity contribution in [3.05, 3.63) is 29.8 Å². The van der Waals surface area contributed by atoms with Crippen molar-refractivity contribution in [2.45, 2.75) is 6.42 Å². The van der Waals surface area contributed by atoms with Gasteiger partial charge in [-0.05, 0) is 12.1 Å². The summed E-state index contributed by atoms with van der Waals surface area (Å²) in [7, 11) is 1.55. The summed E-state index contributed by atoms with van der Waals surface area (Å²) in [4.78, 5) is 26.0. The number of benzene rings is 1. The Kier molecular flexibility index (Phi) is 4.01. The Labute approximate surface area is 130 Å². The van der Waals surface area contributed by atoms with E-state index in [0.717, 1.165) is 0 Å². The SMILES string of the molecule is COc1ccccc1N1CC(C(=O)Nc2nncs2)CC1=O. The van der Waals surface area contributed by atoms with Crippen LogP contribution >= 0.6 is 11.3 Å². The number of carbonyl (C=O) groups is 2. The molecule has 0 saturated carbocycles. The van der Waals surface area contributed by atoms with Crippen molar-refractivity contribution in [2.24, 2.45) is 5.92 Å². The number of ether oxygens (including phenoxy) is 1. The number of hydrogen-bond donors (Lipinski definition) is 1. The van der Waals surface area contributed by atoms with E-state index in [0.29, 0.717) is 23.1 Å². The van der Waals surface area contributed by atoms with E-state index < -0.39 is 5.92 Å². The van der Waals surface area contributed by atoms with E-state index >= 15 is 0 Å². The van der Waals surface area contributed by atoms with E-state index in [1.54, 1.807) is 18.1 Å². The Morgan fingerprint density at radius 1 is 1.45 bits per heavy atom. The summed E-state index contributed by atoms with van der Waals surface area (Å²) in [5.74, 6) is -0.119. The molecule has 0 radical (unpaired) electrons. The molecule has 1 fully saturated rings. The fourth-order valence-corrected chi connectivity index (χ4v) is 2.85. The molecule has 1 atom stereocenters. The van der Waals surface area contributed by atoms with Gasteiger partial charge in [-0.25, -0.2) is 0 Å². The number of nitrogens with zero attached hydrogens (tertiary/aromatic N) is 3. The standard InChI is InChI=1S/C14H14N4O3S/c1-21-11-5-3-2-4-10(11)18-7-9(6-12(18)19)13(20)16-14-17-15-8-22-14/h2-5,8-9H,6-7H2,1H3,(H,16,17,20). The van der Waals surface area contributed by atoms with Gasteiger partial charge >= 0.3 is 0 Å². The summed E-state index contributed by atoms with van der Waals surface area (Å²) in [5.41, 5.74) is 2.22. The normalized spacial score (nSPS) is 17.6. The number of carbonyl (C=O) groups excluding carboxylic acids is 2. The third kappa shape index (κ3) is 2.77. The van der Waals surface area contributed by atoms with Crippen LogP contribution in [0.3, 0.4) is 0 Å². The number of methoxy groups -OCH3 is 1. The molecule has 114 valence electrons. The lowest BCUT2D eigenvalue weighted by Crippen LogP contribution is -2.28. The molecule has 2 heterocycles. The fraction of sp³-hybridized carbons (Fsp3) is 0.286. The van der Waals surface area contributed by atoms with Crippen molar-refractivity contribution in [3.63, 3.8) is 0 Å². The van der Waals surface area contributed by atoms with Gasteiger partial charge < -0.3 is 15.0 Å². The quantitative estimate of drug-likeness (QED) is 0.924. The Hall–Kier alpha value is -2.48. The number of rotatable bonds is 4. The van der Waals surface area contributed by atoms with E-state index in [9.17, 15) is 9.59 Å². The van der Waals surface area contributed by atoms with Crippen molar-refractivity contribution in [1.82, 2.24) is 10.2 Å². The summed E-state index contributed by atoms with van der Waals surface area (Å²) in [6, 6.07) is 7.27. The van der Waals surface area contributed by atoms with Gasteiger partial charge in [0.15, 0.2) is 0 Å². The van der Waals surface area contributed by atoms with Gasteiger partial charge in [0.1, 0.15) is 11.3 Å². The number of hydrogen-bond acceptors (Lipinski definition) is 6. The molecule has 1 unspecified atom stereocenters. The summed E-state index contributed by atoms with van der Waals surface area (Å²) in [6.07, 6.45) is 0.169. The monoisotopic (exact) mass is 318 g/mol. The van der Waals surface area contributed by atoms with Gasteiger partial charge in [-0.2, -0.15) is 0 Å². The molecule has 3 rings (SSSR count). The highest BCUT2D eigenvalue weighted by atomic mass is 32.1. The average molecular weight is 318 g/mol. The predicted molar refractivity (Wildman–Crippen MR) is 82.0 cm³/mol. The largest absolute Gasteiger partial charge is 0.495 e. The number of amides is 2. The molecule has 0 bridgehead atoms. The van der Waals surface area contributed by atoms with Crippen molar-refractivity contribution < 1.29 is 14.3 Å². The number of nitrogens with one attached hydrogen (secondary N) is 1. The van der Waals surface area contributed by atoms with Crippen LogP contribution in [0.1, 0.15) is 6.42 Å². The van der Waals surface area contributed by atoms with Crippen molar-refractivity contribution in [2.75, 3.05) is 23.9 Å². The van der Waals surface area contributed by atoms with Crippen LogP contribution in [0.25, 0.3) is 0 Å². The number of para-hydroxylation sites is 2. The highest BCUT2D eigenvalue weighted by molar-refractivity contribution is 7.13. The average Bonchev–Trinajstić information content (AvgIpc) is 3.16. The van der Waals surface area contributed by atoms with Crippen molar-refractivity contribution in [1.29, 1.82) is 0 Å². The Morgan fingerprint density at radius 2 is 2.27 bits per heavy atom. The number of anilines is 2. The summed E-state index contributed by atoms with van der Waals surface area (Å²) in [5, 5.41) is 10.6. The molecule has 0 spiro atoms. The van der Waals surface area contributed by atoms with Gasteiger partial charge in [0, 0.05) is 13.0 Å². The van der Waals surface area contributed by atoms with E-state index in [1.165, 1.54) is 16.8 Å². The summed E-state index contributed by atoms with van der Waals surface area (Å²) < 4.78 is 5.28. The molecule has 1 N–H and O–H groups in total. The lowest BCUT2D eigenvalue weighted by atomic mass is 10.1. The zero-order valence-corrected chi connectivity index (χ0v) is 12.7. The Balaban J connectivity index is 1.74. The van der Waals surface area contributed by atoms with Crippen molar-refractivity contribution >= 4 is 34.0 Å². The first-order valence-electron chi connectivity index (χ1n) is 6.69. The first-order valence-corrected chi connectivity index (χ1v) is 7.57. The van der Waals surface area contributed by atoms with Gasteiger partial charge in [0.2, 0.25) is 16.9 Å². The zero-order chi connectivity index (χ0) is 15.5. The highest BCUT2D eigenvalue weighted by Crippen LogP contribution is 2.33. The lowest BCUT2D eigenvalue weighted by molar-refractivity contribution is -0.122. The van der Waals surface area contributed by atoms with Crippen LogP contribution in [-0.4, -0.2) is 35.7 Å². The molecule has 1 aromatic heterocycles. The molecule has 0 aliphatic carbocycles. The van der Waals surface area contributed by atoms with Gasteiger partial charge in [-0.15, -0.1) is 10.2 Å². The summed E-state index contributed by atoms with van der Waals surface area (Å²) >= 11 is 1.24. The topological polar surface area (TPSA) is 84.4 Å². The van der Waals surface area contributed by atoms with Crippen molar-refractivity contribution in [3.8, 4) is 5.75 Å². The minimum Gasteiger partial charge on any atom is -0.495 e. The van der Waals surface area contributed by atoms with Gasteiger partial charge in [-0.1, -0.05) is 23.5 Å². The minimum atomic E-state index is -0.415. The predicted octanol–water partition coefficient (Wildman–Crippen LogP) is 1.54. The lowest BCUT2D eigenvalue weighted by Gasteiger charge is -2.19. The first kappa shape index (κ1) is 14.5. The van der Waals surface area contributed by atoms with Gasteiger partial charge in [0.05, 0.1) is 18.7 Å². The van der Waals surface area contributed by atoms with Crippen LogP contribution in [-0.2, 0) is 9.59 Å². The fourth-order valence-electron chi connectivity index (χ4n) is 2.40. The molecule has 1 aliphatic rings. The molecular formula is C14H14N4O3S. The molecule has 2 aromatic rings. The third-order valence-electron chi connectivity index (χ3n) is 3.46. The molecule has 2 amide bonds. The van der Waals surface area contributed by atoms with E-state index in [2.05, 4.69) is 15.5 Å². The molecule has 22 heavy (non-hydrogen) atoms. The Morgan fingerprint density at radius 3 is 3.00 bits per heavy atom. The first-order chi connectivity index (χ1) is 10.7. The molecule has 1 aromatic carbocycles. The molecule has 8 heteroatoms. The van der Waals surface area contributed by atoms with Gasteiger partial charge in [0.25, 0.3) is 0 Å². The van der Waals surface area contributed by atoms with Crippen LogP contribution < -0.4 is 15.0 Å². The second kappa shape index (κ2) is 6.10. The summed E-state index contributed by atoms with van der Waals surface area (Å²) in [6.45, 7) is 0.323. The zero-order valence-electron chi connectivity index (χ0n) is 11.9. The van der Waals surface area contributed by atoms with Crippen LogP contribution in [0.15, 0.2) is 29.8 Å². The van der Waals surface area contributed by atoms with Gasteiger partial charge in [-0.3, -0.25) is 9.59 Å². The van der Waals surface area contributed by atoms with E-state index in [1.807, 2.05) is 18.2 Å². The molecule has 7 nitrogen and oxygen atoms in total. The van der Waals surface area contributed by atoms with E-state index in [4.69, 9.17) is 4.74 Å². The van der Waals surface area contributed by atoms with Crippen LogP contribution in [0.5, 0.6) is 5.75 Å². The smallest absolute Gasteiger partial charge is 0.231 e. The van der Waals surface area contributed by atoms with Crippen LogP contribution in [0.2, 0.25) is 0 Å². The molecule has 1 saturated heterocycles. The van der Waals surface area contributed by atoms with Crippen LogP contribution in [0, 0.1) is 5.92 Å². The highest BCUT2D eigenvalue weighted by Gasteiger charge is 2.36.